The van der Waals surface area contributed by atoms with Crippen LogP contribution in [0.3, 0.4) is 0 Å². The third-order valence-electron chi connectivity index (χ3n) is 7.22. The first-order valence-electron chi connectivity index (χ1n) is 13.8. The lowest BCUT2D eigenvalue weighted by atomic mass is 10.00. The van der Waals surface area contributed by atoms with Crippen molar-refractivity contribution in [1.29, 1.82) is 0 Å². The quantitative estimate of drug-likeness (QED) is 0.198. The second-order valence-corrected chi connectivity index (χ2v) is 12.3. The van der Waals surface area contributed by atoms with Crippen LogP contribution >= 0.6 is 23.1 Å². The molecule has 11 heteroatoms. The van der Waals surface area contributed by atoms with Crippen molar-refractivity contribution in [3.05, 3.63) is 117 Å². The van der Waals surface area contributed by atoms with Crippen molar-refractivity contribution in [3.8, 4) is 5.69 Å². The molecule has 0 unspecified atom stereocenters. The van der Waals surface area contributed by atoms with Gasteiger partial charge in [0.1, 0.15) is 0 Å². The molecule has 2 aromatic carbocycles. The van der Waals surface area contributed by atoms with Crippen LogP contribution < -0.4 is 5.32 Å². The fourth-order valence-electron chi connectivity index (χ4n) is 4.94. The Balaban J connectivity index is 1.26. The molecule has 3 aromatic heterocycles. The van der Waals surface area contributed by atoms with Gasteiger partial charge in [0, 0.05) is 6.42 Å². The van der Waals surface area contributed by atoms with Crippen LogP contribution in [0.4, 0.5) is 0 Å². The van der Waals surface area contributed by atoms with Crippen molar-refractivity contribution in [2.75, 3.05) is 5.75 Å². The number of furan rings is 1. The third kappa shape index (κ3) is 6.18. The summed E-state index contributed by atoms with van der Waals surface area (Å²) in [5.74, 6) is 0.408. The molecule has 0 saturated heterocycles. The molecule has 0 radical (unpaired) electrons. The molecule has 1 aliphatic rings. The molecule has 0 bridgehead atoms. The van der Waals surface area contributed by atoms with Gasteiger partial charge < -0.3 is 9.73 Å². The molecule has 0 saturated carbocycles. The molecule has 0 fully saturated rings. The van der Waals surface area contributed by atoms with Crippen LogP contribution in [0.5, 0.6) is 0 Å². The van der Waals surface area contributed by atoms with Crippen LogP contribution in [0.25, 0.3) is 5.69 Å². The molecule has 0 aliphatic carbocycles. The van der Waals surface area contributed by atoms with E-state index in [1.54, 1.807) is 28.5 Å². The van der Waals surface area contributed by atoms with Crippen LogP contribution in [0, 0.1) is 20.8 Å². The molecule has 1 atom stereocenters. The standard InChI is InChI=1S/C32H30N6O3S2/c1-20-9-12-23(13-10-20)26-17-24(28-7-5-15-42-28)36-38(26)30(39)19-43-32-35-34-29(18-33-31(40)27-6-4-14-41-27)37(32)25-16-21(2)8-11-22(25)3/h4-16,26H,17-19H2,1-3H3,(H,33,40)/t26-/m1/s1. The molecule has 6 rings (SSSR count). The largest absolute Gasteiger partial charge is 0.459 e. The highest BCUT2D eigenvalue weighted by Gasteiger charge is 2.33. The number of benzene rings is 2. The fraction of sp³-hybridized carbons (Fsp3) is 0.219. The van der Waals surface area contributed by atoms with Crippen molar-refractivity contribution in [3.63, 3.8) is 0 Å². The summed E-state index contributed by atoms with van der Waals surface area (Å²) in [4.78, 5) is 27.4. The number of rotatable bonds is 9. The van der Waals surface area contributed by atoms with Crippen LogP contribution in [-0.4, -0.2) is 43.1 Å². The van der Waals surface area contributed by atoms with E-state index in [0.717, 1.165) is 38.5 Å². The first kappa shape index (κ1) is 28.6. The molecule has 4 heterocycles. The summed E-state index contributed by atoms with van der Waals surface area (Å²) in [6.45, 7) is 6.21. The Bertz CT molecular complexity index is 1780. The first-order valence-corrected chi connectivity index (χ1v) is 15.7. The molecular formula is C32H30N6O3S2. The highest BCUT2D eigenvalue weighted by molar-refractivity contribution is 7.99. The van der Waals surface area contributed by atoms with E-state index in [0.29, 0.717) is 17.4 Å². The molecular weight excluding hydrogens is 581 g/mol. The van der Waals surface area contributed by atoms with E-state index in [9.17, 15) is 9.59 Å². The summed E-state index contributed by atoms with van der Waals surface area (Å²) in [5.41, 5.74) is 6.09. The van der Waals surface area contributed by atoms with Gasteiger partial charge in [-0.25, -0.2) is 5.01 Å². The fourth-order valence-corrected chi connectivity index (χ4v) is 6.47. The summed E-state index contributed by atoms with van der Waals surface area (Å²) in [6, 6.07) is 21.5. The lowest BCUT2D eigenvalue weighted by Crippen LogP contribution is -2.28. The number of carbonyl (C=O) groups is 2. The minimum Gasteiger partial charge on any atom is -0.459 e. The summed E-state index contributed by atoms with van der Waals surface area (Å²) in [7, 11) is 0. The number of hydrogen-bond donors (Lipinski definition) is 1. The molecule has 1 N–H and O–H groups in total. The second-order valence-electron chi connectivity index (χ2n) is 10.4. The summed E-state index contributed by atoms with van der Waals surface area (Å²) in [5, 5.41) is 20.7. The maximum Gasteiger partial charge on any atom is 0.287 e. The smallest absolute Gasteiger partial charge is 0.287 e. The highest BCUT2D eigenvalue weighted by atomic mass is 32.2. The van der Waals surface area contributed by atoms with E-state index in [-0.39, 0.29) is 35.9 Å². The maximum absolute atomic E-state index is 13.8. The van der Waals surface area contributed by atoms with Crippen molar-refractivity contribution in [2.45, 2.75) is 44.9 Å². The normalized spacial score (nSPS) is 14.6. The number of thiophene rings is 1. The maximum atomic E-state index is 13.8. The van der Waals surface area contributed by atoms with Gasteiger partial charge in [-0.1, -0.05) is 59.8 Å². The number of nitrogens with one attached hydrogen (secondary N) is 1. The van der Waals surface area contributed by atoms with Crippen molar-refractivity contribution in [1.82, 2.24) is 25.1 Å². The summed E-state index contributed by atoms with van der Waals surface area (Å²) in [6.07, 6.45) is 2.11. The highest BCUT2D eigenvalue weighted by Crippen LogP contribution is 2.35. The average Bonchev–Trinajstić information content (AvgIpc) is 3.83. The molecule has 218 valence electrons. The van der Waals surface area contributed by atoms with Crippen LogP contribution in [0.2, 0.25) is 0 Å². The zero-order chi connectivity index (χ0) is 29.9. The van der Waals surface area contributed by atoms with E-state index < -0.39 is 0 Å². The van der Waals surface area contributed by atoms with Crippen LogP contribution in [-0.2, 0) is 11.3 Å². The van der Waals surface area contributed by atoms with Gasteiger partial charge in [0.15, 0.2) is 16.7 Å². The average molecular weight is 611 g/mol. The minimum absolute atomic E-state index is 0.116. The molecule has 1 aliphatic heterocycles. The van der Waals surface area contributed by atoms with Crippen LogP contribution in [0.1, 0.15) is 56.0 Å². The molecule has 9 nitrogen and oxygen atoms in total. The Morgan fingerprint density at radius 1 is 1.02 bits per heavy atom. The Hall–Kier alpha value is -4.48. The number of amides is 2. The number of thioether (sulfide) groups is 1. The molecule has 2 amide bonds. The topological polar surface area (TPSA) is 106 Å². The summed E-state index contributed by atoms with van der Waals surface area (Å²) >= 11 is 2.93. The molecule has 0 spiro atoms. The van der Waals surface area contributed by atoms with Gasteiger partial charge in [0.05, 0.1) is 40.9 Å². The van der Waals surface area contributed by atoms with Gasteiger partial charge in [-0.15, -0.1) is 21.5 Å². The van der Waals surface area contributed by atoms with Gasteiger partial charge in [0.25, 0.3) is 11.8 Å². The lowest BCUT2D eigenvalue weighted by molar-refractivity contribution is -0.130. The molecule has 5 aromatic rings. The number of nitrogens with zero attached hydrogens (tertiary/aromatic N) is 5. The van der Waals surface area contributed by atoms with E-state index >= 15 is 0 Å². The van der Waals surface area contributed by atoms with Gasteiger partial charge >= 0.3 is 0 Å². The minimum atomic E-state index is -0.347. The summed E-state index contributed by atoms with van der Waals surface area (Å²) < 4.78 is 7.13. The molecule has 43 heavy (non-hydrogen) atoms. The van der Waals surface area contributed by atoms with Gasteiger partial charge in [-0.3, -0.25) is 14.2 Å². The third-order valence-corrected chi connectivity index (χ3v) is 9.05. The predicted molar refractivity (Wildman–Crippen MR) is 168 cm³/mol. The first-order chi connectivity index (χ1) is 20.9. The van der Waals surface area contributed by atoms with Gasteiger partial charge in [-0.2, -0.15) is 5.10 Å². The second kappa shape index (κ2) is 12.4. The predicted octanol–water partition coefficient (Wildman–Crippen LogP) is 6.25. The zero-order valence-corrected chi connectivity index (χ0v) is 25.6. The van der Waals surface area contributed by atoms with E-state index in [2.05, 4.69) is 39.8 Å². The number of aromatic nitrogens is 3. The SMILES string of the molecule is Cc1ccc([C@H]2CC(c3cccs3)=NN2C(=O)CSc2nnc(CNC(=O)c3ccco3)n2-c2cc(C)ccc2C)cc1. The zero-order valence-electron chi connectivity index (χ0n) is 24.0. The number of aryl methyl sites for hydroxylation is 3. The monoisotopic (exact) mass is 610 g/mol. The Morgan fingerprint density at radius 2 is 1.84 bits per heavy atom. The number of hydrogen-bond acceptors (Lipinski definition) is 8. The lowest BCUT2D eigenvalue weighted by Gasteiger charge is -2.22. The van der Waals surface area contributed by atoms with Crippen LogP contribution in [0.15, 0.2) is 93.0 Å². The Labute approximate surface area is 257 Å². The Kier molecular flexibility index (Phi) is 8.26. The van der Waals surface area contributed by atoms with Crippen molar-refractivity contribution >= 4 is 40.6 Å². The van der Waals surface area contributed by atoms with Crippen molar-refractivity contribution in [2.24, 2.45) is 5.10 Å². The number of carbonyl (C=O) groups excluding carboxylic acids is 2. The van der Waals surface area contributed by atoms with E-state index in [1.807, 2.05) is 61.1 Å². The van der Waals surface area contributed by atoms with Crippen molar-refractivity contribution < 1.29 is 14.0 Å². The Morgan fingerprint density at radius 3 is 2.58 bits per heavy atom. The van der Waals surface area contributed by atoms with Gasteiger partial charge in [0.2, 0.25) is 0 Å². The van der Waals surface area contributed by atoms with E-state index in [4.69, 9.17) is 9.52 Å². The van der Waals surface area contributed by atoms with E-state index in [1.165, 1.54) is 18.0 Å². The number of hydrazone groups is 1. The van der Waals surface area contributed by atoms with Gasteiger partial charge in [-0.05, 0) is 67.1 Å².